The Labute approximate surface area is 82.7 Å². The van der Waals surface area contributed by atoms with Crippen molar-refractivity contribution in [3.8, 4) is 0 Å². The highest BCUT2D eigenvalue weighted by atomic mass is 16.5. The fourth-order valence-electron chi connectivity index (χ4n) is 1.97. The van der Waals surface area contributed by atoms with Gasteiger partial charge in [-0.1, -0.05) is 5.21 Å². The Morgan fingerprint density at radius 2 is 2.43 bits per heavy atom. The summed E-state index contributed by atoms with van der Waals surface area (Å²) in [7, 11) is 1.79. The standard InChI is InChI=1S/C9H15N3O2/c1-3-14-7-4-9(13,5-7)8-6-10-11-12(8)2/h6-7,13H,3-5H2,1-2H3. The molecular weight excluding hydrogens is 182 g/mol. The third-order valence-corrected chi connectivity index (χ3v) is 2.72. The van der Waals surface area contributed by atoms with E-state index in [4.69, 9.17) is 4.74 Å². The van der Waals surface area contributed by atoms with Crippen molar-refractivity contribution in [3.63, 3.8) is 0 Å². The Kier molecular flexibility index (Phi) is 2.28. The third-order valence-electron chi connectivity index (χ3n) is 2.72. The second-order valence-electron chi connectivity index (χ2n) is 3.76. The molecule has 0 aliphatic heterocycles. The number of aliphatic hydroxyl groups is 1. The summed E-state index contributed by atoms with van der Waals surface area (Å²) < 4.78 is 7.01. The van der Waals surface area contributed by atoms with E-state index in [1.165, 1.54) is 0 Å². The largest absolute Gasteiger partial charge is 0.383 e. The molecule has 1 aliphatic rings. The maximum Gasteiger partial charge on any atom is 0.113 e. The SMILES string of the molecule is CCOC1CC(O)(c2cnnn2C)C1. The molecule has 0 aromatic carbocycles. The second kappa shape index (κ2) is 3.33. The first-order valence-electron chi connectivity index (χ1n) is 4.85. The minimum absolute atomic E-state index is 0.180. The van der Waals surface area contributed by atoms with Crippen LogP contribution in [0.3, 0.4) is 0 Å². The van der Waals surface area contributed by atoms with Crippen LogP contribution in [0.4, 0.5) is 0 Å². The van der Waals surface area contributed by atoms with E-state index in [1.807, 2.05) is 6.92 Å². The number of ether oxygens (including phenoxy) is 1. The van der Waals surface area contributed by atoms with Gasteiger partial charge in [0.15, 0.2) is 0 Å². The topological polar surface area (TPSA) is 60.2 Å². The summed E-state index contributed by atoms with van der Waals surface area (Å²) in [5, 5.41) is 17.7. The van der Waals surface area contributed by atoms with Gasteiger partial charge in [-0.2, -0.15) is 0 Å². The van der Waals surface area contributed by atoms with Crippen LogP contribution in [-0.4, -0.2) is 32.8 Å². The maximum absolute atomic E-state index is 10.2. The van der Waals surface area contributed by atoms with Crippen LogP contribution in [0.1, 0.15) is 25.5 Å². The number of aromatic nitrogens is 3. The normalized spacial score (nSPS) is 31.5. The van der Waals surface area contributed by atoms with Crippen molar-refractivity contribution in [1.29, 1.82) is 0 Å². The van der Waals surface area contributed by atoms with Crippen LogP contribution in [-0.2, 0) is 17.4 Å². The molecule has 1 aromatic rings. The molecule has 0 bridgehead atoms. The Morgan fingerprint density at radius 1 is 1.71 bits per heavy atom. The van der Waals surface area contributed by atoms with Gasteiger partial charge in [0.2, 0.25) is 0 Å². The van der Waals surface area contributed by atoms with Crippen LogP contribution in [0.5, 0.6) is 0 Å². The lowest BCUT2D eigenvalue weighted by atomic mass is 9.75. The van der Waals surface area contributed by atoms with Crippen molar-refractivity contribution in [2.45, 2.75) is 31.5 Å². The Morgan fingerprint density at radius 3 is 2.93 bits per heavy atom. The highest BCUT2D eigenvalue weighted by Gasteiger charge is 2.46. The van der Waals surface area contributed by atoms with E-state index in [2.05, 4.69) is 10.3 Å². The van der Waals surface area contributed by atoms with Crippen molar-refractivity contribution < 1.29 is 9.84 Å². The van der Waals surface area contributed by atoms with E-state index in [-0.39, 0.29) is 6.10 Å². The third kappa shape index (κ3) is 1.42. The summed E-state index contributed by atoms with van der Waals surface area (Å²) >= 11 is 0. The zero-order valence-electron chi connectivity index (χ0n) is 8.47. The molecule has 0 unspecified atom stereocenters. The summed E-state index contributed by atoms with van der Waals surface area (Å²) in [5.74, 6) is 0. The molecule has 1 N–H and O–H groups in total. The summed E-state index contributed by atoms with van der Waals surface area (Å²) in [5.41, 5.74) is -0.00796. The van der Waals surface area contributed by atoms with Crippen molar-refractivity contribution in [2.24, 2.45) is 7.05 Å². The van der Waals surface area contributed by atoms with Crippen LogP contribution >= 0.6 is 0 Å². The minimum Gasteiger partial charge on any atom is -0.383 e. The fourth-order valence-corrected chi connectivity index (χ4v) is 1.97. The fraction of sp³-hybridized carbons (Fsp3) is 0.778. The molecule has 0 amide bonds. The highest BCUT2D eigenvalue weighted by molar-refractivity contribution is 5.14. The van der Waals surface area contributed by atoms with Gasteiger partial charge < -0.3 is 9.84 Å². The molecule has 0 atom stereocenters. The Hall–Kier alpha value is -0.940. The lowest BCUT2D eigenvalue weighted by Crippen LogP contribution is -2.47. The molecule has 2 rings (SSSR count). The molecule has 1 aliphatic carbocycles. The quantitative estimate of drug-likeness (QED) is 0.752. The van der Waals surface area contributed by atoms with Crippen molar-refractivity contribution in [1.82, 2.24) is 15.0 Å². The first-order valence-corrected chi connectivity index (χ1v) is 4.85. The number of aryl methyl sites for hydroxylation is 1. The summed E-state index contributed by atoms with van der Waals surface area (Å²) in [6.07, 6.45) is 3.08. The van der Waals surface area contributed by atoms with Crippen LogP contribution in [0.25, 0.3) is 0 Å². The molecule has 1 saturated carbocycles. The van der Waals surface area contributed by atoms with Gasteiger partial charge in [0.05, 0.1) is 18.0 Å². The van der Waals surface area contributed by atoms with Gasteiger partial charge in [0.1, 0.15) is 5.60 Å². The lowest BCUT2D eigenvalue weighted by molar-refractivity contribution is -0.146. The number of hydrogen-bond donors (Lipinski definition) is 1. The molecule has 0 radical (unpaired) electrons. The number of hydrogen-bond acceptors (Lipinski definition) is 4. The monoisotopic (exact) mass is 197 g/mol. The van der Waals surface area contributed by atoms with Crippen molar-refractivity contribution in [2.75, 3.05) is 6.61 Å². The first-order chi connectivity index (χ1) is 6.65. The molecule has 5 nitrogen and oxygen atoms in total. The predicted molar refractivity (Wildman–Crippen MR) is 49.5 cm³/mol. The van der Waals surface area contributed by atoms with Crippen LogP contribution in [0.2, 0.25) is 0 Å². The van der Waals surface area contributed by atoms with E-state index in [1.54, 1.807) is 17.9 Å². The minimum atomic E-state index is -0.780. The molecule has 1 heterocycles. The van der Waals surface area contributed by atoms with E-state index >= 15 is 0 Å². The molecule has 5 heteroatoms. The molecular formula is C9H15N3O2. The van der Waals surface area contributed by atoms with E-state index in [0.29, 0.717) is 19.4 Å². The molecule has 0 saturated heterocycles. The zero-order chi connectivity index (χ0) is 10.2. The lowest BCUT2D eigenvalue weighted by Gasteiger charge is -2.42. The maximum atomic E-state index is 10.2. The van der Waals surface area contributed by atoms with Gasteiger partial charge in [-0.15, -0.1) is 5.10 Å². The average molecular weight is 197 g/mol. The van der Waals surface area contributed by atoms with Gasteiger partial charge in [0.25, 0.3) is 0 Å². The molecule has 0 spiro atoms. The van der Waals surface area contributed by atoms with Gasteiger partial charge in [-0.05, 0) is 6.92 Å². The molecule has 78 valence electrons. The van der Waals surface area contributed by atoms with E-state index < -0.39 is 5.60 Å². The number of nitrogens with zero attached hydrogens (tertiary/aromatic N) is 3. The molecule has 1 aromatic heterocycles. The zero-order valence-corrected chi connectivity index (χ0v) is 8.47. The smallest absolute Gasteiger partial charge is 0.113 e. The first kappa shape index (κ1) is 9.61. The Balaban J connectivity index is 2.04. The molecule has 14 heavy (non-hydrogen) atoms. The second-order valence-corrected chi connectivity index (χ2v) is 3.76. The van der Waals surface area contributed by atoms with Gasteiger partial charge >= 0.3 is 0 Å². The summed E-state index contributed by atoms with van der Waals surface area (Å²) in [6.45, 7) is 2.66. The van der Waals surface area contributed by atoms with Crippen molar-refractivity contribution in [3.05, 3.63) is 11.9 Å². The Bertz CT molecular complexity index is 318. The summed E-state index contributed by atoms with van der Waals surface area (Å²) in [6, 6.07) is 0. The summed E-state index contributed by atoms with van der Waals surface area (Å²) in [4.78, 5) is 0. The van der Waals surface area contributed by atoms with E-state index in [0.717, 1.165) is 5.69 Å². The van der Waals surface area contributed by atoms with Crippen LogP contribution in [0.15, 0.2) is 6.20 Å². The predicted octanol–water partition coefficient (Wildman–Crippen LogP) is 0.202. The van der Waals surface area contributed by atoms with Gasteiger partial charge in [-0.3, -0.25) is 0 Å². The van der Waals surface area contributed by atoms with Crippen LogP contribution in [0, 0.1) is 0 Å². The molecule has 1 fully saturated rings. The number of rotatable bonds is 3. The van der Waals surface area contributed by atoms with Gasteiger partial charge in [-0.25, -0.2) is 4.68 Å². The average Bonchev–Trinajstić information content (AvgIpc) is 2.49. The van der Waals surface area contributed by atoms with E-state index in [9.17, 15) is 5.11 Å². The van der Waals surface area contributed by atoms with Crippen molar-refractivity contribution >= 4 is 0 Å². The van der Waals surface area contributed by atoms with Gasteiger partial charge in [0, 0.05) is 26.5 Å². The van der Waals surface area contributed by atoms with Crippen LogP contribution < -0.4 is 0 Å². The highest BCUT2D eigenvalue weighted by Crippen LogP contribution is 2.42.